The number of nitrogens with one attached hydrogen (secondary N) is 4. The topological polar surface area (TPSA) is 141 Å². The van der Waals surface area contributed by atoms with E-state index in [1.54, 1.807) is 4.52 Å². The van der Waals surface area contributed by atoms with Crippen LogP contribution in [0.3, 0.4) is 0 Å². The van der Waals surface area contributed by atoms with Gasteiger partial charge < -0.3 is 25.8 Å². The van der Waals surface area contributed by atoms with Gasteiger partial charge in [-0.2, -0.15) is 5.10 Å². The Labute approximate surface area is 200 Å². The fraction of sp³-hybridized carbons (Fsp3) is 0.273. The highest BCUT2D eigenvalue weighted by atomic mass is 32.2. The van der Waals surface area contributed by atoms with Gasteiger partial charge in [0.25, 0.3) is 0 Å². The number of aliphatic hydroxyl groups is 1. The van der Waals surface area contributed by atoms with Crippen molar-refractivity contribution in [3.05, 3.63) is 54.4 Å². The van der Waals surface area contributed by atoms with E-state index >= 15 is 0 Å². The van der Waals surface area contributed by atoms with Crippen LogP contribution in [0.15, 0.2) is 58.7 Å². The zero-order valence-corrected chi connectivity index (χ0v) is 19.4. The molecule has 0 atom stereocenters. The quantitative estimate of drug-likeness (QED) is 0.192. The molecule has 0 unspecified atom stereocenters. The zero-order chi connectivity index (χ0) is 23.8. The Kier molecular flexibility index (Phi) is 8.09. The van der Waals surface area contributed by atoms with Gasteiger partial charge in [-0.1, -0.05) is 0 Å². The molecule has 0 aliphatic heterocycles. The molecule has 0 aliphatic rings. The van der Waals surface area contributed by atoms with Gasteiger partial charge >= 0.3 is 0 Å². The number of hydrogen-bond donors (Lipinski definition) is 5. The average molecular weight is 483 g/mol. The van der Waals surface area contributed by atoms with E-state index in [1.165, 1.54) is 11.8 Å². The van der Waals surface area contributed by atoms with Crippen LogP contribution in [0.4, 0.5) is 17.3 Å². The number of aromatic amines is 1. The van der Waals surface area contributed by atoms with Gasteiger partial charge in [-0.15, -0.1) is 5.10 Å². The second kappa shape index (κ2) is 11.6. The summed E-state index contributed by atoms with van der Waals surface area (Å²) in [5.41, 5.74) is 2.50. The maximum atomic E-state index is 12.1. The van der Waals surface area contributed by atoms with E-state index in [9.17, 15) is 4.79 Å². The summed E-state index contributed by atoms with van der Waals surface area (Å²) in [5.74, 6) is 1.20. The molecule has 0 bridgehead atoms. The second-order valence-electron chi connectivity index (χ2n) is 7.33. The number of benzene rings is 1. The first-order valence-electron chi connectivity index (χ1n) is 10.7. The van der Waals surface area contributed by atoms with Crippen LogP contribution in [0.5, 0.6) is 0 Å². The largest absolute Gasteiger partial charge is 0.394 e. The van der Waals surface area contributed by atoms with Crippen LogP contribution in [0.1, 0.15) is 5.69 Å². The summed E-state index contributed by atoms with van der Waals surface area (Å²) in [6, 6.07) is 13.2. The number of carbonyl (C=O) groups is 1. The molecule has 0 saturated carbocycles. The van der Waals surface area contributed by atoms with E-state index in [4.69, 9.17) is 9.84 Å². The molecule has 3 heterocycles. The van der Waals surface area contributed by atoms with Crippen LogP contribution < -0.4 is 16.0 Å². The van der Waals surface area contributed by atoms with Crippen LogP contribution in [0, 0.1) is 6.92 Å². The maximum absolute atomic E-state index is 12.1. The van der Waals surface area contributed by atoms with Gasteiger partial charge in [-0.3, -0.25) is 9.89 Å². The molecule has 11 nitrogen and oxygen atoms in total. The first-order chi connectivity index (χ1) is 16.6. The molecule has 0 aliphatic carbocycles. The van der Waals surface area contributed by atoms with Gasteiger partial charge in [0, 0.05) is 35.1 Å². The number of amides is 1. The summed E-state index contributed by atoms with van der Waals surface area (Å²) >= 11 is 1.42. The lowest BCUT2D eigenvalue weighted by Gasteiger charge is -2.09. The molecule has 0 fully saturated rings. The average Bonchev–Trinajstić information content (AvgIpc) is 3.46. The number of anilines is 3. The Morgan fingerprint density at radius 2 is 2.09 bits per heavy atom. The predicted molar refractivity (Wildman–Crippen MR) is 130 cm³/mol. The normalized spacial score (nSPS) is 11.1. The lowest BCUT2D eigenvalue weighted by Crippen LogP contribution is -2.30. The molecular formula is C22H26N8O3S. The van der Waals surface area contributed by atoms with Crippen molar-refractivity contribution in [2.45, 2.75) is 17.0 Å². The summed E-state index contributed by atoms with van der Waals surface area (Å²) in [6.07, 6.45) is 1.87. The molecular weight excluding hydrogens is 456 g/mol. The van der Waals surface area contributed by atoms with E-state index in [0.717, 1.165) is 16.1 Å². The first-order valence-corrected chi connectivity index (χ1v) is 11.5. The lowest BCUT2D eigenvalue weighted by atomic mass is 10.3. The minimum Gasteiger partial charge on any atom is -0.394 e. The van der Waals surface area contributed by atoms with Gasteiger partial charge in [0.05, 0.1) is 26.4 Å². The third kappa shape index (κ3) is 6.54. The number of nitrogens with zero attached hydrogens (tertiary/aromatic N) is 4. The van der Waals surface area contributed by atoms with Crippen molar-refractivity contribution in [2.24, 2.45) is 0 Å². The fourth-order valence-electron chi connectivity index (χ4n) is 3.08. The monoisotopic (exact) mass is 482 g/mol. The van der Waals surface area contributed by atoms with Crippen LogP contribution in [-0.4, -0.2) is 68.7 Å². The molecule has 0 spiro atoms. The van der Waals surface area contributed by atoms with E-state index in [2.05, 4.69) is 36.2 Å². The summed E-state index contributed by atoms with van der Waals surface area (Å²) in [4.78, 5) is 17.7. The minimum atomic E-state index is -0.145. The van der Waals surface area contributed by atoms with Crippen molar-refractivity contribution >= 4 is 40.5 Å². The van der Waals surface area contributed by atoms with Gasteiger partial charge in [-0.05, 0) is 55.1 Å². The van der Waals surface area contributed by atoms with Gasteiger partial charge in [-0.25, -0.2) is 9.50 Å². The van der Waals surface area contributed by atoms with Crippen LogP contribution in [0.2, 0.25) is 0 Å². The minimum absolute atomic E-state index is 0.00923. The number of aliphatic hydroxyl groups excluding tert-OH is 1. The molecule has 0 radical (unpaired) electrons. The molecule has 4 rings (SSSR count). The number of H-pyrrole nitrogens is 1. The second-order valence-corrected chi connectivity index (χ2v) is 8.37. The van der Waals surface area contributed by atoms with Crippen molar-refractivity contribution in [1.29, 1.82) is 0 Å². The first kappa shape index (κ1) is 23.7. The summed E-state index contributed by atoms with van der Waals surface area (Å²) in [6.45, 7) is 3.37. The summed E-state index contributed by atoms with van der Waals surface area (Å²) < 4.78 is 6.91. The number of ether oxygens (including phenoxy) is 1. The lowest BCUT2D eigenvalue weighted by molar-refractivity contribution is -0.115. The Morgan fingerprint density at radius 1 is 1.24 bits per heavy atom. The van der Waals surface area contributed by atoms with Crippen molar-refractivity contribution in [3.8, 4) is 0 Å². The van der Waals surface area contributed by atoms with Crippen molar-refractivity contribution in [1.82, 2.24) is 30.1 Å². The smallest absolute Gasteiger partial charge is 0.238 e. The molecule has 4 aromatic rings. The van der Waals surface area contributed by atoms with Crippen LogP contribution in [-0.2, 0) is 9.53 Å². The van der Waals surface area contributed by atoms with E-state index in [0.29, 0.717) is 42.2 Å². The molecule has 0 saturated heterocycles. The van der Waals surface area contributed by atoms with E-state index in [1.807, 2.05) is 55.6 Å². The number of carbonyl (C=O) groups excluding carboxylic acids is 1. The molecule has 34 heavy (non-hydrogen) atoms. The molecule has 178 valence electrons. The molecule has 3 aromatic heterocycles. The summed E-state index contributed by atoms with van der Waals surface area (Å²) in [7, 11) is 0. The standard InChI is InChI=1S/C22H26N8O3S/c1-15-13-19(28-27-15)25-21-18-3-2-9-30(18)29-22(26-21)34-17-6-4-16(5-7-17)24-20(32)14-23-8-11-33-12-10-31/h2-7,9,13,23,31H,8,10-12,14H2,1H3,(H,24,32)(H2,25,26,27,28,29). The summed E-state index contributed by atoms with van der Waals surface area (Å²) in [5, 5.41) is 30.0. The Morgan fingerprint density at radius 3 is 2.85 bits per heavy atom. The zero-order valence-electron chi connectivity index (χ0n) is 18.6. The number of fused-ring (bicyclic) bond motifs is 1. The number of aromatic nitrogens is 5. The van der Waals surface area contributed by atoms with Crippen LogP contribution in [0.25, 0.3) is 5.52 Å². The molecule has 12 heteroatoms. The third-order valence-corrected chi connectivity index (χ3v) is 5.48. The fourth-order valence-corrected chi connectivity index (χ4v) is 3.83. The number of rotatable bonds is 12. The Bertz CT molecular complexity index is 1220. The van der Waals surface area contributed by atoms with Crippen LogP contribution >= 0.6 is 11.8 Å². The van der Waals surface area contributed by atoms with E-state index in [-0.39, 0.29) is 19.1 Å². The number of aryl methyl sites for hydroxylation is 1. The van der Waals surface area contributed by atoms with Crippen molar-refractivity contribution in [2.75, 3.05) is 43.5 Å². The van der Waals surface area contributed by atoms with Crippen molar-refractivity contribution in [3.63, 3.8) is 0 Å². The van der Waals surface area contributed by atoms with Crippen molar-refractivity contribution < 1.29 is 14.6 Å². The predicted octanol–water partition coefficient (Wildman–Crippen LogP) is 2.19. The highest BCUT2D eigenvalue weighted by molar-refractivity contribution is 7.99. The molecule has 1 amide bonds. The third-order valence-electron chi connectivity index (χ3n) is 4.62. The van der Waals surface area contributed by atoms with Gasteiger partial charge in [0.2, 0.25) is 11.1 Å². The highest BCUT2D eigenvalue weighted by Crippen LogP contribution is 2.28. The Hall–Kier alpha value is -3.45. The molecule has 1 aromatic carbocycles. The van der Waals surface area contributed by atoms with E-state index < -0.39 is 0 Å². The maximum Gasteiger partial charge on any atom is 0.238 e. The van der Waals surface area contributed by atoms with Gasteiger partial charge in [0.1, 0.15) is 5.52 Å². The number of hydrogen-bond acceptors (Lipinski definition) is 9. The SMILES string of the molecule is Cc1cc(Nc2nc(Sc3ccc(NC(=O)CNCCOCCO)cc3)nn3cccc23)n[nH]1. The Balaban J connectivity index is 1.35. The molecule has 5 N–H and O–H groups in total. The highest BCUT2D eigenvalue weighted by Gasteiger charge is 2.11. The van der Waals surface area contributed by atoms with Gasteiger partial charge in [0.15, 0.2) is 11.6 Å².